The van der Waals surface area contributed by atoms with Crippen molar-refractivity contribution < 1.29 is 9.18 Å². The van der Waals surface area contributed by atoms with Crippen LogP contribution in [-0.2, 0) is 4.79 Å². The van der Waals surface area contributed by atoms with Crippen LogP contribution in [0.1, 0.15) is 17.2 Å². The fraction of sp³-hybridized carbons (Fsp3) is 0.0588. The summed E-state index contributed by atoms with van der Waals surface area (Å²) < 4.78 is 13.1. The van der Waals surface area contributed by atoms with Gasteiger partial charge in [-0.1, -0.05) is 47.5 Å². The fourth-order valence-corrected chi connectivity index (χ4v) is 2.31. The number of hydrogen-bond acceptors (Lipinski definition) is 2. The van der Waals surface area contributed by atoms with Crippen molar-refractivity contribution in [1.29, 1.82) is 5.26 Å². The monoisotopic (exact) mass is 348 g/mol. The highest BCUT2D eigenvalue weighted by molar-refractivity contribution is 6.42. The van der Waals surface area contributed by atoms with Crippen molar-refractivity contribution in [3.05, 3.63) is 75.5 Å². The second-order valence-electron chi connectivity index (χ2n) is 4.60. The van der Waals surface area contributed by atoms with Crippen molar-refractivity contribution in [2.75, 3.05) is 0 Å². The number of amides is 1. The number of hydrogen-bond donors (Lipinski definition) is 1. The molecule has 0 heterocycles. The largest absolute Gasteiger partial charge is 0.333 e. The molecule has 0 radical (unpaired) electrons. The van der Waals surface area contributed by atoms with Gasteiger partial charge in [-0.2, -0.15) is 5.26 Å². The Morgan fingerprint density at radius 3 is 2.70 bits per heavy atom. The normalized spacial score (nSPS) is 11.9. The first-order valence-corrected chi connectivity index (χ1v) is 7.34. The van der Waals surface area contributed by atoms with Gasteiger partial charge in [-0.25, -0.2) is 4.39 Å². The van der Waals surface area contributed by atoms with Crippen LogP contribution in [0.5, 0.6) is 0 Å². The van der Waals surface area contributed by atoms with Gasteiger partial charge in [-0.05, 0) is 29.8 Å². The second kappa shape index (κ2) is 7.77. The number of carbonyl (C=O) groups is 1. The zero-order valence-electron chi connectivity index (χ0n) is 11.8. The summed E-state index contributed by atoms with van der Waals surface area (Å²) >= 11 is 12.0. The van der Waals surface area contributed by atoms with Crippen LogP contribution >= 0.6 is 23.2 Å². The molecule has 2 aromatic rings. The van der Waals surface area contributed by atoms with Gasteiger partial charge in [0.2, 0.25) is 5.91 Å². The summed E-state index contributed by atoms with van der Waals surface area (Å²) in [5, 5.41) is 12.3. The zero-order chi connectivity index (χ0) is 16.8. The Morgan fingerprint density at radius 2 is 2.00 bits per heavy atom. The van der Waals surface area contributed by atoms with Crippen LogP contribution in [-0.4, -0.2) is 5.91 Å². The molecule has 1 N–H and O–H groups in total. The third-order valence-electron chi connectivity index (χ3n) is 2.98. The molecular formula is C17H11Cl2FN2O. The highest BCUT2D eigenvalue weighted by Gasteiger charge is 2.17. The van der Waals surface area contributed by atoms with Crippen molar-refractivity contribution in [3.8, 4) is 6.07 Å². The third kappa shape index (κ3) is 4.56. The van der Waals surface area contributed by atoms with Crippen LogP contribution in [0, 0.1) is 17.1 Å². The van der Waals surface area contributed by atoms with Gasteiger partial charge in [-0.15, -0.1) is 0 Å². The molecule has 0 saturated heterocycles. The summed E-state index contributed by atoms with van der Waals surface area (Å²) in [4.78, 5) is 11.9. The molecule has 3 nitrogen and oxygen atoms in total. The van der Waals surface area contributed by atoms with E-state index in [4.69, 9.17) is 23.2 Å². The average Bonchev–Trinajstić information content (AvgIpc) is 2.54. The lowest BCUT2D eigenvalue weighted by atomic mass is 10.1. The molecule has 0 aliphatic rings. The fourth-order valence-electron chi connectivity index (χ4n) is 1.90. The Labute approximate surface area is 142 Å². The van der Waals surface area contributed by atoms with Crippen molar-refractivity contribution in [1.82, 2.24) is 5.32 Å². The molecule has 0 aliphatic carbocycles. The standard InChI is InChI=1S/C17H11Cl2FN2O/c18-14-6-2-5-13(17(14)19)15(10-21)22-16(23)8-7-11-3-1-4-12(20)9-11/h1-9,15H,(H,22,23)/b8-7+. The van der Waals surface area contributed by atoms with Crippen LogP contribution in [0.4, 0.5) is 4.39 Å². The number of rotatable bonds is 4. The number of benzene rings is 2. The highest BCUT2D eigenvalue weighted by Crippen LogP contribution is 2.29. The molecule has 0 aromatic heterocycles. The molecule has 0 spiro atoms. The number of nitrogens with one attached hydrogen (secondary N) is 1. The molecule has 1 amide bonds. The number of carbonyl (C=O) groups excluding carboxylic acids is 1. The van der Waals surface area contributed by atoms with Crippen molar-refractivity contribution in [3.63, 3.8) is 0 Å². The summed E-state index contributed by atoms with van der Waals surface area (Å²) in [6, 6.07) is 11.7. The first-order chi connectivity index (χ1) is 11.0. The van der Waals surface area contributed by atoms with Crippen molar-refractivity contribution >= 4 is 35.2 Å². The highest BCUT2D eigenvalue weighted by atomic mass is 35.5. The molecule has 6 heteroatoms. The van der Waals surface area contributed by atoms with Crippen molar-refractivity contribution in [2.24, 2.45) is 0 Å². The topological polar surface area (TPSA) is 52.9 Å². The molecule has 2 aromatic carbocycles. The molecule has 0 fully saturated rings. The molecule has 0 saturated carbocycles. The summed E-state index contributed by atoms with van der Waals surface area (Å²) in [5.74, 6) is -0.898. The van der Waals surface area contributed by atoms with Crippen LogP contribution in [0.2, 0.25) is 10.0 Å². The lowest BCUT2D eigenvalue weighted by Crippen LogP contribution is -2.26. The van der Waals surface area contributed by atoms with Gasteiger partial charge in [0.15, 0.2) is 0 Å². The van der Waals surface area contributed by atoms with Gasteiger partial charge in [-0.3, -0.25) is 4.79 Å². The summed E-state index contributed by atoms with van der Waals surface area (Å²) in [6.07, 6.45) is 2.67. The lowest BCUT2D eigenvalue weighted by Gasteiger charge is -2.12. The Hall–Kier alpha value is -2.35. The van der Waals surface area contributed by atoms with E-state index in [2.05, 4.69) is 5.32 Å². The number of halogens is 3. The molecular weight excluding hydrogens is 338 g/mol. The maximum absolute atomic E-state index is 13.1. The molecule has 0 bridgehead atoms. The zero-order valence-corrected chi connectivity index (χ0v) is 13.3. The Morgan fingerprint density at radius 1 is 1.26 bits per heavy atom. The minimum Gasteiger partial charge on any atom is -0.333 e. The van der Waals surface area contributed by atoms with E-state index in [9.17, 15) is 14.4 Å². The summed E-state index contributed by atoms with van der Waals surface area (Å²) in [6.45, 7) is 0. The van der Waals surface area contributed by atoms with E-state index in [1.54, 1.807) is 24.3 Å². The maximum Gasteiger partial charge on any atom is 0.245 e. The van der Waals surface area contributed by atoms with E-state index in [0.29, 0.717) is 16.1 Å². The molecule has 2 rings (SSSR count). The number of nitrogens with zero attached hydrogens (tertiary/aromatic N) is 1. The minimum absolute atomic E-state index is 0.218. The Bertz CT molecular complexity index is 799. The average molecular weight is 349 g/mol. The summed E-state index contributed by atoms with van der Waals surface area (Å²) in [5.41, 5.74) is 0.948. The smallest absolute Gasteiger partial charge is 0.245 e. The third-order valence-corrected chi connectivity index (χ3v) is 3.82. The first-order valence-electron chi connectivity index (χ1n) is 6.59. The predicted molar refractivity (Wildman–Crippen MR) is 88.4 cm³/mol. The van der Waals surface area contributed by atoms with E-state index in [0.717, 1.165) is 0 Å². The van der Waals surface area contributed by atoms with Crippen LogP contribution in [0.25, 0.3) is 6.08 Å². The van der Waals surface area contributed by atoms with Crippen LogP contribution in [0.15, 0.2) is 48.5 Å². The molecule has 1 atom stereocenters. The lowest BCUT2D eigenvalue weighted by molar-refractivity contribution is -0.116. The Balaban J connectivity index is 2.12. The van der Waals surface area contributed by atoms with Crippen LogP contribution in [0.3, 0.4) is 0 Å². The van der Waals surface area contributed by atoms with Gasteiger partial charge in [0, 0.05) is 11.6 Å². The molecule has 0 aliphatic heterocycles. The first kappa shape index (κ1) is 17.0. The van der Waals surface area contributed by atoms with Gasteiger partial charge in [0.1, 0.15) is 11.9 Å². The molecule has 116 valence electrons. The predicted octanol–water partition coefficient (Wildman–Crippen LogP) is 4.53. The minimum atomic E-state index is -0.939. The number of nitriles is 1. The van der Waals surface area contributed by atoms with Crippen molar-refractivity contribution in [2.45, 2.75) is 6.04 Å². The van der Waals surface area contributed by atoms with E-state index in [-0.39, 0.29) is 5.02 Å². The van der Waals surface area contributed by atoms with E-state index >= 15 is 0 Å². The Kier molecular flexibility index (Phi) is 5.75. The van der Waals surface area contributed by atoms with E-state index in [1.165, 1.54) is 30.4 Å². The maximum atomic E-state index is 13.1. The van der Waals surface area contributed by atoms with Gasteiger partial charge in [0.05, 0.1) is 16.1 Å². The van der Waals surface area contributed by atoms with E-state index in [1.807, 2.05) is 6.07 Å². The van der Waals surface area contributed by atoms with Gasteiger partial charge < -0.3 is 5.32 Å². The molecule has 1 unspecified atom stereocenters. The van der Waals surface area contributed by atoms with Gasteiger partial charge in [0.25, 0.3) is 0 Å². The summed E-state index contributed by atoms with van der Waals surface area (Å²) in [7, 11) is 0. The van der Waals surface area contributed by atoms with Crippen LogP contribution < -0.4 is 5.32 Å². The molecule has 23 heavy (non-hydrogen) atoms. The van der Waals surface area contributed by atoms with E-state index < -0.39 is 17.8 Å². The SMILES string of the molecule is N#CC(NC(=O)/C=C/c1cccc(F)c1)c1cccc(Cl)c1Cl. The van der Waals surface area contributed by atoms with Gasteiger partial charge >= 0.3 is 0 Å². The quantitative estimate of drug-likeness (QED) is 0.825. The second-order valence-corrected chi connectivity index (χ2v) is 5.39.